The van der Waals surface area contributed by atoms with Crippen LogP contribution in [0, 0.1) is 6.92 Å². The number of nitrogens with two attached hydrogens (primary N) is 1. The molecular formula is C10H12F3N. The molecule has 0 aliphatic rings. The lowest BCUT2D eigenvalue weighted by Gasteiger charge is -2.14. The van der Waals surface area contributed by atoms with E-state index in [1.54, 1.807) is 24.3 Å². The third-order valence-corrected chi connectivity index (χ3v) is 1.96. The summed E-state index contributed by atoms with van der Waals surface area (Å²) in [7, 11) is 0. The summed E-state index contributed by atoms with van der Waals surface area (Å²) in [6, 6.07) is 5.81. The van der Waals surface area contributed by atoms with E-state index in [2.05, 4.69) is 0 Å². The second kappa shape index (κ2) is 4.00. The van der Waals surface area contributed by atoms with Crippen molar-refractivity contribution in [2.45, 2.75) is 25.6 Å². The number of alkyl halides is 3. The lowest BCUT2D eigenvalue weighted by Crippen LogP contribution is -2.20. The van der Waals surface area contributed by atoms with Crippen molar-refractivity contribution >= 4 is 0 Å². The number of hydrogen-bond acceptors (Lipinski definition) is 1. The Bertz CT molecular complexity index is 289. The van der Waals surface area contributed by atoms with Crippen LogP contribution in [-0.2, 0) is 0 Å². The number of benzene rings is 1. The predicted molar refractivity (Wildman–Crippen MR) is 48.8 cm³/mol. The van der Waals surface area contributed by atoms with Crippen molar-refractivity contribution in [3.05, 3.63) is 35.4 Å². The molecule has 0 fully saturated rings. The molecule has 1 nitrogen and oxygen atoms in total. The van der Waals surface area contributed by atoms with Crippen LogP contribution < -0.4 is 5.73 Å². The van der Waals surface area contributed by atoms with Crippen molar-refractivity contribution in [2.24, 2.45) is 5.73 Å². The Labute approximate surface area is 80.7 Å². The Morgan fingerprint density at radius 2 is 1.71 bits per heavy atom. The Morgan fingerprint density at radius 3 is 2.14 bits per heavy atom. The van der Waals surface area contributed by atoms with Gasteiger partial charge in [0.25, 0.3) is 0 Å². The first-order valence-corrected chi connectivity index (χ1v) is 4.27. The highest BCUT2D eigenvalue weighted by molar-refractivity contribution is 5.23. The zero-order valence-electron chi connectivity index (χ0n) is 7.81. The van der Waals surface area contributed by atoms with Crippen molar-refractivity contribution in [1.29, 1.82) is 0 Å². The second-order valence-electron chi connectivity index (χ2n) is 3.34. The molecule has 0 bridgehead atoms. The van der Waals surface area contributed by atoms with Crippen LogP contribution in [0.15, 0.2) is 24.3 Å². The van der Waals surface area contributed by atoms with E-state index in [4.69, 9.17) is 5.73 Å². The van der Waals surface area contributed by atoms with Gasteiger partial charge in [-0.1, -0.05) is 29.8 Å². The van der Waals surface area contributed by atoms with Crippen LogP contribution >= 0.6 is 0 Å². The van der Waals surface area contributed by atoms with Gasteiger partial charge in [-0.2, -0.15) is 13.2 Å². The van der Waals surface area contributed by atoms with Crippen molar-refractivity contribution in [3.8, 4) is 0 Å². The van der Waals surface area contributed by atoms with Gasteiger partial charge >= 0.3 is 6.18 Å². The van der Waals surface area contributed by atoms with Crippen molar-refractivity contribution in [1.82, 2.24) is 0 Å². The first-order valence-electron chi connectivity index (χ1n) is 4.27. The number of aryl methyl sites for hydroxylation is 1. The quantitative estimate of drug-likeness (QED) is 0.785. The molecule has 0 saturated heterocycles. The maximum Gasteiger partial charge on any atom is 0.390 e. The highest BCUT2D eigenvalue weighted by Gasteiger charge is 2.30. The summed E-state index contributed by atoms with van der Waals surface area (Å²) in [4.78, 5) is 0. The number of halogens is 3. The van der Waals surface area contributed by atoms with E-state index in [1.165, 1.54) is 0 Å². The van der Waals surface area contributed by atoms with Crippen LogP contribution in [0.3, 0.4) is 0 Å². The maximum atomic E-state index is 12.0. The average Bonchev–Trinajstić information content (AvgIpc) is 2.02. The summed E-state index contributed by atoms with van der Waals surface area (Å²) < 4.78 is 36.0. The van der Waals surface area contributed by atoms with Gasteiger partial charge in [-0.25, -0.2) is 0 Å². The molecule has 78 valence electrons. The Kier molecular flexibility index (Phi) is 3.16. The molecule has 1 rings (SSSR count). The standard InChI is InChI=1S/C10H12F3N/c1-7-2-4-8(5-3-7)9(14)6-10(11,12)13/h2-5,9H,6,14H2,1H3/t9-/m1/s1. The monoisotopic (exact) mass is 203 g/mol. The molecule has 0 amide bonds. The van der Waals surface area contributed by atoms with Crippen LogP contribution in [0.1, 0.15) is 23.6 Å². The summed E-state index contributed by atoms with van der Waals surface area (Å²) in [5.41, 5.74) is 6.94. The van der Waals surface area contributed by atoms with E-state index < -0.39 is 18.6 Å². The van der Waals surface area contributed by atoms with Gasteiger partial charge in [0.15, 0.2) is 0 Å². The van der Waals surface area contributed by atoms with E-state index in [1.807, 2.05) is 6.92 Å². The van der Waals surface area contributed by atoms with Gasteiger partial charge in [0.1, 0.15) is 0 Å². The van der Waals surface area contributed by atoms with Gasteiger partial charge in [0.2, 0.25) is 0 Å². The molecule has 4 heteroatoms. The number of hydrogen-bond donors (Lipinski definition) is 1. The fourth-order valence-electron chi connectivity index (χ4n) is 1.18. The van der Waals surface area contributed by atoms with E-state index in [-0.39, 0.29) is 0 Å². The van der Waals surface area contributed by atoms with E-state index in [0.717, 1.165) is 5.56 Å². The summed E-state index contributed by atoms with van der Waals surface area (Å²) in [5.74, 6) is 0. The highest BCUT2D eigenvalue weighted by atomic mass is 19.4. The third kappa shape index (κ3) is 3.38. The Balaban J connectivity index is 2.70. The van der Waals surface area contributed by atoms with Crippen molar-refractivity contribution < 1.29 is 13.2 Å². The first-order chi connectivity index (χ1) is 6.38. The maximum absolute atomic E-state index is 12.0. The molecule has 0 spiro atoms. The molecule has 0 unspecified atom stereocenters. The smallest absolute Gasteiger partial charge is 0.324 e. The lowest BCUT2D eigenvalue weighted by atomic mass is 10.0. The summed E-state index contributed by atoms with van der Waals surface area (Å²) in [6.45, 7) is 1.87. The molecule has 0 aliphatic carbocycles. The molecule has 1 atom stereocenters. The third-order valence-electron chi connectivity index (χ3n) is 1.96. The van der Waals surface area contributed by atoms with Gasteiger partial charge in [-0.15, -0.1) is 0 Å². The molecule has 1 aromatic carbocycles. The molecular weight excluding hydrogens is 191 g/mol. The summed E-state index contributed by atoms with van der Waals surface area (Å²) in [6.07, 6.45) is -5.18. The SMILES string of the molecule is Cc1ccc([C@H](N)CC(F)(F)F)cc1. The topological polar surface area (TPSA) is 26.0 Å². The minimum absolute atomic E-state index is 0.521. The molecule has 0 radical (unpaired) electrons. The average molecular weight is 203 g/mol. The lowest BCUT2D eigenvalue weighted by molar-refractivity contribution is -0.138. The second-order valence-corrected chi connectivity index (χ2v) is 3.34. The molecule has 1 aromatic rings. The van der Waals surface area contributed by atoms with Crippen LogP contribution in [0.5, 0.6) is 0 Å². The summed E-state index contributed by atoms with van der Waals surface area (Å²) in [5, 5.41) is 0. The van der Waals surface area contributed by atoms with E-state index in [9.17, 15) is 13.2 Å². The van der Waals surface area contributed by atoms with E-state index in [0.29, 0.717) is 5.56 Å². The van der Waals surface area contributed by atoms with Gasteiger partial charge in [0.05, 0.1) is 6.42 Å². The molecule has 0 aliphatic heterocycles. The predicted octanol–water partition coefficient (Wildman–Crippen LogP) is 2.95. The first kappa shape index (κ1) is 11.0. The Hall–Kier alpha value is -1.03. The van der Waals surface area contributed by atoms with Crippen LogP contribution in [0.25, 0.3) is 0 Å². The largest absolute Gasteiger partial charge is 0.390 e. The number of rotatable bonds is 2. The zero-order chi connectivity index (χ0) is 10.8. The van der Waals surface area contributed by atoms with Crippen molar-refractivity contribution in [2.75, 3.05) is 0 Å². The zero-order valence-corrected chi connectivity index (χ0v) is 7.81. The fraction of sp³-hybridized carbons (Fsp3) is 0.400. The molecule has 2 N–H and O–H groups in total. The molecule has 0 saturated carbocycles. The minimum atomic E-state index is -4.20. The van der Waals surface area contributed by atoms with Gasteiger partial charge in [-0.05, 0) is 12.5 Å². The van der Waals surface area contributed by atoms with E-state index >= 15 is 0 Å². The van der Waals surface area contributed by atoms with Crippen LogP contribution in [0.4, 0.5) is 13.2 Å². The Morgan fingerprint density at radius 1 is 1.21 bits per heavy atom. The van der Waals surface area contributed by atoms with Gasteiger partial charge < -0.3 is 5.73 Å². The summed E-state index contributed by atoms with van der Waals surface area (Å²) >= 11 is 0. The fourth-order valence-corrected chi connectivity index (χ4v) is 1.18. The molecule has 14 heavy (non-hydrogen) atoms. The van der Waals surface area contributed by atoms with Gasteiger partial charge in [-0.3, -0.25) is 0 Å². The van der Waals surface area contributed by atoms with Crippen LogP contribution in [0.2, 0.25) is 0 Å². The molecule has 0 heterocycles. The van der Waals surface area contributed by atoms with Crippen LogP contribution in [-0.4, -0.2) is 6.18 Å². The van der Waals surface area contributed by atoms with Gasteiger partial charge in [0, 0.05) is 6.04 Å². The minimum Gasteiger partial charge on any atom is -0.324 e. The normalized spacial score (nSPS) is 14.1. The molecule has 0 aromatic heterocycles. The highest BCUT2D eigenvalue weighted by Crippen LogP contribution is 2.27. The van der Waals surface area contributed by atoms with Crippen molar-refractivity contribution in [3.63, 3.8) is 0 Å².